The van der Waals surface area contributed by atoms with Crippen LogP contribution in [0.25, 0.3) is 0 Å². The fourth-order valence-corrected chi connectivity index (χ4v) is 3.49. The Morgan fingerprint density at radius 3 is 2.52 bits per heavy atom. The van der Waals surface area contributed by atoms with E-state index in [9.17, 15) is 13.2 Å². The fraction of sp³-hybridized carbons (Fsp3) is 0.312. The topological polar surface area (TPSA) is 78.9 Å². The van der Waals surface area contributed by atoms with Crippen LogP contribution in [0, 0.1) is 0 Å². The number of rotatable bonds is 3. The van der Waals surface area contributed by atoms with Crippen molar-refractivity contribution in [2.75, 3.05) is 0 Å². The summed E-state index contributed by atoms with van der Waals surface area (Å²) in [5.74, 6) is -2.37. The number of carbonyl (C=O) groups is 1. The van der Waals surface area contributed by atoms with E-state index >= 15 is 0 Å². The zero-order valence-electron chi connectivity index (χ0n) is 12.7. The van der Waals surface area contributed by atoms with Gasteiger partial charge in [0.2, 0.25) is 0 Å². The van der Waals surface area contributed by atoms with Crippen LogP contribution in [-0.2, 0) is 41.4 Å². The van der Waals surface area contributed by atoms with Crippen LogP contribution in [0.1, 0.15) is 25.0 Å². The number of benzene rings is 1. The average molecular weight is 336 g/mol. The molecule has 122 valence electrons. The molecule has 23 heavy (non-hydrogen) atoms. The van der Waals surface area contributed by atoms with Gasteiger partial charge >= 0.3 is 22.0 Å². The summed E-state index contributed by atoms with van der Waals surface area (Å²) in [4.78, 5) is 11.6. The number of fused-ring (bicyclic) bond motifs is 1. The third-order valence-corrected chi connectivity index (χ3v) is 4.81. The van der Waals surface area contributed by atoms with Crippen molar-refractivity contribution in [2.45, 2.75) is 32.5 Å². The second-order valence-corrected chi connectivity index (χ2v) is 7.34. The van der Waals surface area contributed by atoms with Gasteiger partial charge in [0.05, 0.1) is 4.91 Å². The minimum atomic E-state index is -4.04. The number of ether oxygens (including phenoxy) is 2. The molecule has 7 heteroatoms. The molecule has 0 unspecified atom stereocenters. The van der Waals surface area contributed by atoms with Crippen molar-refractivity contribution in [2.24, 2.45) is 0 Å². The Morgan fingerprint density at radius 1 is 1.13 bits per heavy atom. The van der Waals surface area contributed by atoms with Crippen LogP contribution in [0.2, 0.25) is 0 Å². The Morgan fingerprint density at radius 2 is 1.83 bits per heavy atom. The minimum absolute atomic E-state index is 0.150. The Kier molecular flexibility index (Phi) is 3.68. The molecule has 0 saturated carbocycles. The van der Waals surface area contributed by atoms with Crippen molar-refractivity contribution >= 4 is 16.1 Å². The maximum absolute atomic E-state index is 12.4. The number of cyclic esters (lactones) is 1. The van der Waals surface area contributed by atoms with Crippen LogP contribution < -0.4 is 0 Å². The molecule has 0 spiro atoms. The van der Waals surface area contributed by atoms with Gasteiger partial charge in [-0.05, 0) is 17.5 Å². The van der Waals surface area contributed by atoms with Crippen LogP contribution in [0.5, 0.6) is 0 Å². The first-order valence-corrected chi connectivity index (χ1v) is 8.50. The lowest BCUT2D eigenvalue weighted by molar-refractivity contribution is -0.216. The predicted molar refractivity (Wildman–Crippen MR) is 81.3 cm³/mol. The van der Waals surface area contributed by atoms with E-state index in [0.717, 1.165) is 17.2 Å². The highest BCUT2D eigenvalue weighted by Crippen LogP contribution is 2.29. The normalized spacial score (nSPS) is 19.7. The standard InChI is InChI=1S/C16H16O6S/c1-16(2)20-14(17)10-15(21-16)22-23(18,19)13-8-7-11-5-3-4-6-12(11)9-13/h3-6,8,10H,7,9H2,1-2H3. The van der Waals surface area contributed by atoms with Crippen LogP contribution in [0.15, 0.2) is 47.3 Å². The molecule has 0 N–H and O–H groups in total. The van der Waals surface area contributed by atoms with Crippen molar-refractivity contribution in [3.05, 3.63) is 58.4 Å². The van der Waals surface area contributed by atoms with E-state index in [1.807, 2.05) is 24.3 Å². The Hall–Kier alpha value is -2.28. The van der Waals surface area contributed by atoms with Gasteiger partial charge in [0.25, 0.3) is 5.79 Å². The zero-order valence-corrected chi connectivity index (χ0v) is 13.6. The molecule has 1 aromatic carbocycles. The molecule has 0 radical (unpaired) electrons. The van der Waals surface area contributed by atoms with Gasteiger partial charge in [0.15, 0.2) is 0 Å². The predicted octanol–water partition coefficient (Wildman–Crippen LogP) is 2.17. The highest BCUT2D eigenvalue weighted by molar-refractivity contribution is 7.90. The summed E-state index contributed by atoms with van der Waals surface area (Å²) in [7, 11) is -4.04. The molecule has 0 aromatic heterocycles. The molecule has 2 aliphatic rings. The van der Waals surface area contributed by atoms with Crippen LogP contribution in [0.3, 0.4) is 0 Å². The van der Waals surface area contributed by atoms with E-state index < -0.39 is 21.9 Å². The number of hydrogen-bond donors (Lipinski definition) is 0. The lowest BCUT2D eigenvalue weighted by Crippen LogP contribution is -2.35. The van der Waals surface area contributed by atoms with E-state index in [4.69, 9.17) is 13.7 Å². The lowest BCUT2D eigenvalue weighted by atomic mass is 9.97. The molecule has 1 aliphatic heterocycles. The van der Waals surface area contributed by atoms with Gasteiger partial charge in [-0.3, -0.25) is 0 Å². The Bertz CT molecular complexity index is 817. The molecule has 1 aliphatic carbocycles. The molecular formula is C16H16O6S. The third-order valence-electron chi connectivity index (χ3n) is 3.47. The van der Waals surface area contributed by atoms with Gasteiger partial charge in [-0.15, -0.1) is 0 Å². The number of carbonyl (C=O) groups excluding carboxylic acids is 1. The van der Waals surface area contributed by atoms with E-state index in [-0.39, 0.29) is 17.3 Å². The molecule has 1 heterocycles. The summed E-state index contributed by atoms with van der Waals surface area (Å²) in [6.07, 6.45) is 3.26. The van der Waals surface area contributed by atoms with Crippen molar-refractivity contribution < 1.29 is 26.9 Å². The van der Waals surface area contributed by atoms with Crippen molar-refractivity contribution in [3.63, 3.8) is 0 Å². The number of esters is 1. The molecule has 0 bridgehead atoms. The largest absolute Gasteiger partial charge is 0.422 e. The third kappa shape index (κ3) is 3.39. The van der Waals surface area contributed by atoms with Gasteiger partial charge < -0.3 is 13.7 Å². The Balaban J connectivity index is 1.81. The first-order valence-electron chi connectivity index (χ1n) is 7.09. The number of allylic oxidation sites excluding steroid dienone is 2. The van der Waals surface area contributed by atoms with Crippen molar-refractivity contribution in [1.82, 2.24) is 0 Å². The fourth-order valence-electron chi connectivity index (χ4n) is 2.47. The van der Waals surface area contributed by atoms with E-state index in [1.165, 1.54) is 13.8 Å². The molecule has 3 rings (SSSR count). The summed E-state index contributed by atoms with van der Waals surface area (Å²) in [6.45, 7) is 2.98. The van der Waals surface area contributed by atoms with Gasteiger partial charge in [0, 0.05) is 20.3 Å². The highest BCUT2D eigenvalue weighted by atomic mass is 32.2. The van der Waals surface area contributed by atoms with Crippen LogP contribution >= 0.6 is 0 Å². The van der Waals surface area contributed by atoms with Gasteiger partial charge in [-0.2, -0.15) is 8.42 Å². The Labute approximate surface area is 134 Å². The molecule has 0 fully saturated rings. The summed E-state index contributed by atoms with van der Waals surface area (Å²) >= 11 is 0. The first-order chi connectivity index (χ1) is 10.8. The second-order valence-electron chi connectivity index (χ2n) is 5.74. The summed E-state index contributed by atoms with van der Waals surface area (Å²) in [5.41, 5.74) is 2.03. The molecule has 0 atom stereocenters. The molecule has 0 amide bonds. The maximum Gasteiger partial charge on any atom is 0.341 e. The highest BCUT2D eigenvalue weighted by Gasteiger charge is 2.34. The molecule has 1 aromatic rings. The van der Waals surface area contributed by atoms with E-state index in [1.54, 1.807) is 6.08 Å². The van der Waals surface area contributed by atoms with Gasteiger partial charge in [-0.25, -0.2) is 4.79 Å². The zero-order chi connectivity index (χ0) is 16.7. The minimum Gasteiger partial charge on any atom is -0.422 e. The van der Waals surface area contributed by atoms with E-state index in [2.05, 4.69) is 0 Å². The summed E-state index contributed by atoms with van der Waals surface area (Å²) in [5, 5.41) is 0. The number of hydrogen-bond acceptors (Lipinski definition) is 6. The van der Waals surface area contributed by atoms with Crippen LogP contribution in [-0.4, -0.2) is 20.2 Å². The molecule has 0 saturated heterocycles. The van der Waals surface area contributed by atoms with E-state index in [0.29, 0.717) is 6.42 Å². The van der Waals surface area contributed by atoms with Crippen molar-refractivity contribution in [3.8, 4) is 0 Å². The van der Waals surface area contributed by atoms with Gasteiger partial charge in [-0.1, -0.05) is 30.3 Å². The SMILES string of the molecule is CC1(C)OC(=O)C=C(OS(=O)(=O)C2=CCc3ccccc3C2)O1. The average Bonchev–Trinajstić information content (AvgIpc) is 2.44. The summed E-state index contributed by atoms with van der Waals surface area (Å²) < 4.78 is 39.9. The molecular weight excluding hydrogens is 320 g/mol. The first kappa shape index (κ1) is 15.6. The molecule has 6 nitrogen and oxygen atoms in total. The van der Waals surface area contributed by atoms with Gasteiger partial charge in [0.1, 0.15) is 6.08 Å². The van der Waals surface area contributed by atoms with Crippen molar-refractivity contribution in [1.29, 1.82) is 0 Å². The maximum atomic E-state index is 12.4. The second kappa shape index (κ2) is 5.42. The summed E-state index contributed by atoms with van der Waals surface area (Å²) in [6, 6.07) is 7.62. The smallest absolute Gasteiger partial charge is 0.341 e. The lowest BCUT2D eigenvalue weighted by Gasteiger charge is -2.29. The monoisotopic (exact) mass is 336 g/mol. The quantitative estimate of drug-likeness (QED) is 0.622. The van der Waals surface area contributed by atoms with Crippen LogP contribution in [0.4, 0.5) is 0 Å².